The molecule has 0 aliphatic heterocycles. The average molecular weight is 453 g/mol. The van der Waals surface area contributed by atoms with Crippen LogP contribution >= 0.6 is 0 Å². The third-order valence-corrected chi connectivity index (χ3v) is 5.04. The van der Waals surface area contributed by atoms with Crippen LogP contribution in [0.2, 0.25) is 0 Å². The minimum absolute atomic E-state index is 0.0197. The Morgan fingerprint density at radius 3 is 2.39 bits per heavy atom. The fraction of sp³-hybridized carbons (Fsp3) is 0.333. The number of aromatic hydroxyl groups is 1. The van der Waals surface area contributed by atoms with Gasteiger partial charge in [-0.15, -0.1) is 15.0 Å². The smallest absolute Gasteiger partial charge is 0.338 e. The fourth-order valence-corrected chi connectivity index (χ4v) is 3.29. The van der Waals surface area contributed by atoms with Crippen LogP contribution in [-0.2, 0) is 14.3 Å². The lowest BCUT2D eigenvalue weighted by Crippen LogP contribution is -2.09. The highest BCUT2D eigenvalue weighted by atomic mass is 16.5. The number of aromatic nitrogens is 3. The van der Waals surface area contributed by atoms with Crippen molar-refractivity contribution in [1.29, 1.82) is 0 Å². The molecule has 0 amide bonds. The maximum Gasteiger partial charge on any atom is 0.338 e. The van der Waals surface area contributed by atoms with Crippen molar-refractivity contribution in [2.45, 2.75) is 33.6 Å². The number of fused-ring (bicyclic) bond motifs is 1. The summed E-state index contributed by atoms with van der Waals surface area (Å²) in [5, 5.41) is 19.4. The van der Waals surface area contributed by atoms with Crippen molar-refractivity contribution in [2.75, 3.05) is 20.3 Å². The van der Waals surface area contributed by atoms with Gasteiger partial charge in [0.2, 0.25) is 0 Å². The van der Waals surface area contributed by atoms with E-state index in [0.29, 0.717) is 52.0 Å². The lowest BCUT2D eigenvalue weighted by Gasteiger charge is -2.13. The molecular formula is C24H27N3O6. The second-order valence-corrected chi connectivity index (χ2v) is 7.67. The molecule has 0 spiro atoms. The molecule has 0 fully saturated rings. The lowest BCUT2D eigenvalue weighted by atomic mass is 10.1. The molecule has 9 nitrogen and oxygen atoms in total. The van der Waals surface area contributed by atoms with E-state index in [2.05, 4.69) is 16.8 Å². The lowest BCUT2D eigenvalue weighted by molar-refractivity contribution is -0.139. The van der Waals surface area contributed by atoms with Crippen LogP contribution in [0.4, 0.5) is 0 Å². The molecule has 174 valence electrons. The first-order valence-electron chi connectivity index (χ1n) is 10.5. The molecule has 0 bridgehead atoms. The van der Waals surface area contributed by atoms with Crippen molar-refractivity contribution >= 4 is 23.0 Å². The van der Waals surface area contributed by atoms with Gasteiger partial charge in [-0.2, -0.15) is 0 Å². The zero-order valence-corrected chi connectivity index (χ0v) is 19.2. The molecule has 3 aromatic rings. The summed E-state index contributed by atoms with van der Waals surface area (Å²) in [4.78, 5) is 25.0. The number of carbonyl (C=O) groups excluding carboxylic acids is 2. The van der Waals surface area contributed by atoms with Crippen LogP contribution in [0.5, 0.6) is 11.5 Å². The molecule has 0 saturated heterocycles. The van der Waals surface area contributed by atoms with Crippen molar-refractivity contribution in [2.24, 2.45) is 0 Å². The molecule has 0 radical (unpaired) electrons. The number of methoxy groups -OCH3 is 1. The van der Waals surface area contributed by atoms with Crippen LogP contribution in [0.15, 0.2) is 36.4 Å². The number of nitrogens with zero attached hydrogens (tertiary/aromatic N) is 3. The molecule has 0 aliphatic rings. The zero-order valence-electron chi connectivity index (χ0n) is 19.2. The van der Waals surface area contributed by atoms with E-state index in [1.54, 1.807) is 45.2 Å². The van der Waals surface area contributed by atoms with Crippen LogP contribution in [0, 0.1) is 13.8 Å². The summed E-state index contributed by atoms with van der Waals surface area (Å²) in [5.74, 6) is -0.288. The number of unbranched alkanes of at least 4 members (excludes halogenated alkanes) is 1. The Morgan fingerprint density at radius 1 is 1.06 bits per heavy atom. The first-order valence-corrected chi connectivity index (χ1v) is 10.5. The molecule has 0 unspecified atom stereocenters. The van der Waals surface area contributed by atoms with Gasteiger partial charge in [0.25, 0.3) is 0 Å². The van der Waals surface area contributed by atoms with Crippen molar-refractivity contribution in [3.05, 3.63) is 53.1 Å². The van der Waals surface area contributed by atoms with Gasteiger partial charge < -0.3 is 19.3 Å². The zero-order chi connectivity index (χ0) is 24.1. The first kappa shape index (κ1) is 23.8. The molecule has 1 heterocycles. The SMILES string of the molecule is C=C(C)C(=O)OCCCCOC(=O)c1ccc2nn(-c3cc(C)c(OC)c(C)c3O)nc2c1. The molecule has 2 aromatic carbocycles. The highest BCUT2D eigenvalue weighted by Gasteiger charge is 2.17. The van der Waals surface area contributed by atoms with Crippen LogP contribution in [-0.4, -0.2) is 52.4 Å². The first-order chi connectivity index (χ1) is 15.7. The van der Waals surface area contributed by atoms with E-state index in [1.165, 1.54) is 4.80 Å². The van der Waals surface area contributed by atoms with Crippen molar-refractivity contribution in [3.8, 4) is 17.2 Å². The van der Waals surface area contributed by atoms with E-state index in [1.807, 2.05) is 6.92 Å². The molecule has 33 heavy (non-hydrogen) atoms. The van der Waals surface area contributed by atoms with E-state index < -0.39 is 11.9 Å². The number of rotatable bonds is 9. The predicted molar refractivity (Wildman–Crippen MR) is 122 cm³/mol. The van der Waals surface area contributed by atoms with Gasteiger partial charge in [-0.3, -0.25) is 0 Å². The van der Waals surface area contributed by atoms with Crippen molar-refractivity contribution in [3.63, 3.8) is 0 Å². The Balaban J connectivity index is 1.66. The average Bonchev–Trinajstić information content (AvgIpc) is 3.21. The number of benzene rings is 2. The molecule has 3 rings (SSSR count). The number of phenolic OH excluding ortho intramolecular Hbond substituents is 1. The number of aryl methyl sites for hydroxylation is 1. The second-order valence-electron chi connectivity index (χ2n) is 7.67. The third kappa shape index (κ3) is 5.31. The van der Waals surface area contributed by atoms with Gasteiger partial charge in [0.05, 0.1) is 25.9 Å². The Labute approximate surface area is 191 Å². The van der Waals surface area contributed by atoms with Crippen LogP contribution < -0.4 is 4.74 Å². The van der Waals surface area contributed by atoms with Gasteiger partial charge in [0, 0.05) is 11.1 Å². The number of hydrogen-bond acceptors (Lipinski definition) is 8. The van der Waals surface area contributed by atoms with E-state index in [9.17, 15) is 14.7 Å². The summed E-state index contributed by atoms with van der Waals surface area (Å²) in [6, 6.07) is 6.62. The topological polar surface area (TPSA) is 113 Å². The maximum absolute atomic E-state index is 12.4. The normalized spacial score (nSPS) is 10.8. The molecule has 0 aliphatic carbocycles. The van der Waals surface area contributed by atoms with Crippen LogP contribution in [0.1, 0.15) is 41.3 Å². The number of ether oxygens (including phenoxy) is 3. The van der Waals surface area contributed by atoms with Crippen molar-refractivity contribution in [1.82, 2.24) is 15.0 Å². The van der Waals surface area contributed by atoms with Gasteiger partial charge in [0.15, 0.2) is 0 Å². The van der Waals surface area contributed by atoms with E-state index in [-0.39, 0.29) is 19.0 Å². The molecule has 0 atom stereocenters. The van der Waals surface area contributed by atoms with Gasteiger partial charge >= 0.3 is 11.9 Å². The predicted octanol–water partition coefficient (Wildman–Crippen LogP) is 3.81. The number of esters is 2. The summed E-state index contributed by atoms with van der Waals surface area (Å²) >= 11 is 0. The number of carbonyl (C=O) groups is 2. The highest BCUT2D eigenvalue weighted by molar-refractivity contribution is 5.93. The molecule has 9 heteroatoms. The number of hydrogen-bond donors (Lipinski definition) is 1. The minimum atomic E-state index is -0.482. The highest BCUT2D eigenvalue weighted by Crippen LogP contribution is 2.35. The Bertz CT molecular complexity index is 1210. The molecule has 0 saturated carbocycles. The van der Waals surface area contributed by atoms with Crippen LogP contribution in [0.3, 0.4) is 0 Å². The maximum atomic E-state index is 12.4. The van der Waals surface area contributed by atoms with E-state index >= 15 is 0 Å². The third-order valence-electron chi connectivity index (χ3n) is 5.04. The second kappa shape index (κ2) is 10.2. The van der Waals surface area contributed by atoms with Crippen LogP contribution in [0.25, 0.3) is 16.7 Å². The van der Waals surface area contributed by atoms with E-state index in [4.69, 9.17) is 14.2 Å². The minimum Gasteiger partial charge on any atom is -0.505 e. The largest absolute Gasteiger partial charge is 0.505 e. The van der Waals surface area contributed by atoms with Gasteiger partial charge in [0.1, 0.15) is 28.2 Å². The summed E-state index contributed by atoms with van der Waals surface area (Å²) in [7, 11) is 1.55. The van der Waals surface area contributed by atoms with Crippen molar-refractivity contribution < 1.29 is 28.9 Å². The number of phenols is 1. The summed E-state index contributed by atoms with van der Waals surface area (Å²) in [5.41, 5.74) is 3.59. The molecule has 1 aromatic heterocycles. The van der Waals surface area contributed by atoms with E-state index in [0.717, 1.165) is 5.56 Å². The standard InChI is InChI=1S/C24H27N3O6/c1-14(2)23(29)32-10-6-7-11-33-24(30)17-8-9-18-19(13-17)26-27(25-18)20-12-15(3)22(31-5)16(4)21(20)28/h8-9,12-13,28H,1,6-7,10-11H2,2-5H3. The molecular weight excluding hydrogens is 426 g/mol. The Kier molecular flexibility index (Phi) is 7.32. The van der Waals surface area contributed by atoms with Gasteiger partial charge in [-0.25, -0.2) is 9.59 Å². The Hall–Kier alpha value is -3.88. The summed E-state index contributed by atoms with van der Waals surface area (Å²) in [6.07, 6.45) is 1.13. The van der Waals surface area contributed by atoms with Gasteiger partial charge in [-0.1, -0.05) is 6.58 Å². The summed E-state index contributed by atoms with van der Waals surface area (Å²) < 4.78 is 15.6. The quantitative estimate of drug-likeness (QED) is 0.296. The van der Waals surface area contributed by atoms with Gasteiger partial charge in [-0.05, 0) is 63.4 Å². The summed E-state index contributed by atoms with van der Waals surface area (Å²) in [6.45, 7) is 9.17. The Morgan fingerprint density at radius 2 is 1.73 bits per heavy atom. The monoisotopic (exact) mass is 453 g/mol. The fourth-order valence-electron chi connectivity index (χ4n) is 3.29. The molecule has 1 N–H and O–H groups in total.